The van der Waals surface area contributed by atoms with E-state index in [2.05, 4.69) is 9.55 Å². The van der Waals surface area contributed by atoms with Crippen LogP contribution in [0, 0.1) is 0 Å². The Morgan fingerprint density at radius 3 is 3.13 bits per heavy atom. The maximum Gasteiger partial charge on any atom is 0.408 e. The van der Waals surface area contributed by atoms with Crippen LogP contribution in [0.4, 0.5) is 4.79 Å². The van der Waals surface area contributed by atoms with Crippen LogP contribution in [0.3, 0.4) is 0 Å². The smallest absolute Gasteiger partial charge is 0.408 e. The van der Waals surface area contributed by atoms with Crippen molar-refractivity contribution >= 4 is 17.9 Å². The van der Waals surface area contributed by atoms with E-state index in [-0.39, 0.29) is 0 Å². The largest absolute Gasteiger partial charge is 0.465 e. The molecule has 0 unspecified atom stereocenters. The van der Waals surface area contributed by atoms with Gasteiger partial charge < -0.3 is 9.67 Å². The molecule has 1 N–H and O–H groups in total. The van der Waals surface area contributed by atoms with Crippen LogP contribution in [-0.4, -0.2) is 31.4 Å². The highest BCUT2D eigenvalue weighted by Gasteiger charge is 2.30. The van der Waals surface area contributed by atoms with Crippen LogP contribution in [0.15, 0.2) is 5.16 Å². The summed E-state index contributed by atoms with van der Waals surface area (Å²) >= 11 is 1.77. The van der Waals surface area contributed by atoms with Crippen molar-refractivity contribution in [1.29, 1.82) is 0 Å². The predicted molar refractivity (Wildman–Crippen MR) is 54.8 cm³/mol. The molecule has 1 aromatic rings. The maximum atomic E-state index is 10.8. The van der Waals surface area contributed by atoms with Gasteiger partial charge in [0.15, 0.2) is 5.16 Å². The van der Waals surface area contributed by atoms with Gasteiger partial charge in [0.25, 0.3) is 0 Å². The van der Waals surface area contributed by atoms with E-state index in [1.165, 1.54) is 4.90 Å². The number of hydrogen-bond donors (Lipinski definition) is 1. The Morgan fingerprint density at radius 2 is 2.33 bits per heavy atom. The molecular formula is C9H11N3O2S. The standard InChI is InChI=1S/C9H11N3O2S/c13-9(14)11-4-6-7(5-11)12-2-1-3-15-8(12)10-6/h1-5H2,(H,13,14). The quantitative estimate of drug-likeness (QED) is 0.724. The molecule has 0 saturated carbocycles. The summed E-state index contributed by atoms with van der Waals surface area (Å²) < 4.78 is 2.17. The minimum atomic E-state index is -0.856. The van der Waals surface area contributed by atoms with E-state index in [9.17, 15) is 4.79 Å². The minimum Gasteiger partial charge on any atom is -0.465 e. The van der Waals surface area contributed by atoms with Gasteiger partial charge in [-0.3, -0.25) is 4.90 Å². The second kappa shape index (κ2) is 3.16. The second-order valence-electron chi connectivity index (χ2n) is 3.78. The predicted octanol–water partition coefficient (Wildman–Crippen LogP) is 1.37. The molecule has 2 aliphatic rings. The Bertz CT molecular complexity index is 429. The number of thioether (sulfide) groups is 1. The number of carbonyl (C=O) groups is 1. The first kappa shape index (κ1) is 9.08. The van der Waals surface area contributed by atoms with Gasteiger partial charge >= 0.3 is 6.09 Å². The van der Waals surface area contributed by atoms with E-state index in [1.807, 2.05) is 0 Å². The normalized spacial score (nSPS) is 18.8. The van der Waals surface area contributed by atoms with Crippen LogP contribution in [0.25, 0.3) is 0 Å². The van der Waals surface area contributed by atoms with Crippen molar-refractivity contribution in [1.82, 2.24) is 14.5 Å². The average molecular weight is 225 g/mol. The summed E-state index contributed by atoms with van der Waals surface area (Å²) in [7, 11) is 0. The number of nitrogens with zero attached hydrogens (tertiary/aromatic N) is 3. The fraction of sp³-hybridized carbons (Fsp3) is 0.556. The number of amides is 1. The fourth-order valence-electron chi connectivity index (χ4n) is 2.09. The zero-order chi connectivity index (χ0) is 10.4. The summed E-state index contributed by atoms with van der Waals surface area (Å²) in [5, 5.41) is 9.96. The van der Waals surface area contributed by atoms with Crippen LogP contribution >= 0.6 is 11.8 Å². The summed E-state index contributed by atoms with van der Waals surface area (Å²) in [6.45, 7) is 1.93. The number of rotatable bonds is 0. The molecule has 5 nitrogen and oxygen atoms in total. The first-order valence-electron chi connectivity index (χ1n) is 4.94. The van der Waals surface area contributed by atoms with Gasteiger partial charge in [-0.05, 0) is 6.42 Å². The molecule has 0 bridgehead atoms. The summed E-state index contributed by atoms with van der Waals surface area (Å²) in [6.07, 6.45) is 0.291. The number of aromatic nitrogens is 2. The zero-order valence-electron chi connectivity index (χ0n) is 8.14. The van der Waals surface area contributed by atoms with Crippen molar-refractivity contribution in [3.63, 3.8) is 0 Å². The van der Waals surface area contributed by atoms with E-state index < -0.39 is 6.09 Å². The molecule has 80 valence electrons. The topological polar surface area (TPSA) is 58.4 Å². The highest BCUT2D eigenvalue weighted by atomic mass is 32.2. The molecule has 1 aromatic heterocycles. The van der Waals surface area contributed by atoms with E-state index in [0.717, 1.165) is 35.3 Å². The molecular weight excluding hydrogens is 214 g/mol. The third-order valence-electron chi connectivity index (χ3n) is 2.83. The van der Waals surface area contributed by atoms with Crippen molar-refractivity contribution in [2.75, 3.05) is 5.75 Å². The maximum absolute atomic E-state index is 10.8. The van der Waals surface area contributed by atoms with Gasteiger partial charge in [0, 0.05) is 12.3 Å². The lowest BCUT2D eigenvalue weighted by atomic mass is 10.3. The molecule has 0 spiro atoms. The molecule has 0 aliphatic carbocycles. The first-order valence-corrected chi connectivity index (χ1v) is 5.93. The molecule has 2 aliphatic heterocycles. The van der Waals surface area contributed by atoms with E-state index >= 15 is 0 Å². The molecule has 3 heterocycles. The lowest BCUT2D eigenvalue weighted by Gasteiger charge is -2.17. The van der Waals surface area contributed by atoms with Gasteiger partial charge in [-0.15, -0.1) is 0 Å². The molecule has 0 fully saturated rings. The third kappa shape index (κ3) is 1.31. The number of fused-ring (bicyclic) bond motifs is 3. The molecule has 3 rings (SSSR count). The van der Waals surface area contributed by atoms with E-state index in [0.29, 0.717) is 13.1 Å². The summed E-state index contributed by atoms with van der Waals surface area (Å²) in [5.74, 6) is 1.12. The molecule has 0 saturated heterocycles. The number of imidazole rings is 1. The van der Waals surface area contributed by atoms with Crippen molar-refractivity contribution in [2.45, 2.75) is 31.2 Å². The second-order valence-corrected chi connectivity index (χ2v) is 4.84. The third-order valence-corrected chi connectivity index (χ3v) is 3.89. The van der Waals surface area contributed by atoms with Gasteiger partial charge in [0.05, 0.1) is 24.5 Å². The van der Waals surface area contributed by atoms with Gasteiger partial charge in [0.2, 0.25) is 0 Å². The molecule has 0 atom stereocenters. The van der Waals surface area contributed by atoms with Crippen LogP contribution in [0.1, 0.15) is 17.8 Å². The molecule has 1 amide bonds. The van der Waals surface area contributed by atoms with Crippen molar-refractivity contribution in [3.05, 3.63) is 11.4 Å². The highest BCUT2D eigenvalue weighted by molar-refractivity contribution is 7.99. The van der Waals surface area contributed by atoms with Crippen molar-refractivity contribution < 1.29 is 9.90 Å². The Labute approximate surface area is 91.1 Å². The van der Waals surface area contributed by atoms with Gasteiger partial charge in [0.1, 0.15) is 0 Å². The van der Waals surface area contributed by atoms with Crippen molar-refractivity contribution in [2.24, 2.45) is 0 Å². The lowest BCUT2D eigenvalue weighted by molar-refractivity contribution is 0.143. The average Bonchev–Trinajstić information content (AvgIpc) is 2.73. The van der Waals surface area contributed by atoms with E-state index in [1.54, 1.807) is 11.8 Å². The molecule has 6 heteroatoms. The summed E-state index contributed by atoms with van der Waals surface area (Å²) in [5.41, 5.74) is 2.04. The number of hydrogen-bond acceptors (Lipinski definition) is 3. The van der Waals surface area contributed by atoms with Gasteiger partial charge in [-0.1, -0.05) is 11.8 Å². The van der Waals surface area contributed by atoms with Crippen molar-refractivity contribution in [3.8, 4) is 0 Å². The molecule has 15 heavy (non-hydrogen) atoms. The van der Waals surface area contributed by atoms with Gasteiger partial charge in [-0.25, -0.2) is 9.78 Å². The highest BCUT2D eigenvalue weighted by Crippen LogP contribution is 2.31. The SMILES string of the molecule is O=C(O)N1Cc2nc3n(c2C1)CCCS3. The number of carboxylic acid groups (broad SMARTS) is 1. The zero-order valence-corrected chi connectivity index (χ0v) is 8.96. The van der Waals surface area contributed by atoms with Crippen LogP contribution in [-0.2, 0) is 19.6 Å². The van der Waals surface area contributed by atoms with Gasteiger partial charge in [-0.2, -0.15) is 0 Å². The van der Waals surface area contributed by atoms with Crippen LogP contribution < -0.4 is 0 Å². The summed E-state index contributed by atoms with van der Waals surface area (Å²) in [6, 6.07) is 0. The van der Waals surface area contributed by atoms with Crippen LogP contribution in [0.5, 0.6) is 0 Å². The Hall–Kier alpha value is -1.17. The lowest BCUT2D eigenvalue weighted by Crippen LogP contribution is -2.24. The van der Waals surface area contributed by atoms with E-state index in [4.69, 9.17) is 5.11 Å². The molecule has 0 aromatic carbocycles. The first-order chi connectivity index (χ1) is 7.25. The summed E-state index contributed by atoms with van der Waals surface area (Å²) in [4.78, 5) is 16.7. The molecule has 0 radical (unpaired) electrons. The fourth-order valence-corrected chi connectivity index (χ4v) is 3.08. The van der Waals surface area contributed by atoms with Crippen LogP contribution in [0.2, 0.25) is 0 Å². The monoisotopic (exact) mass is 225 g/mol. The Morgan fingerprint density at radius 1 is 1.47 bits per heavy atom. The minimum absolute atomic E-state index is 0.450. The Balaban J connectivity index is 1.95. The Kier molecular flexibility index (Phi) is 1.92.